The number of aromatic hydroxyl groups is 2. The first-order chi connectivity index (χ1) is 13.3. The molecule has 8 heteroatoms. The van der Waals surface area contributed by atoms with Crippen molar-refractivity contribution < 1.29 is 19.8 Å². The lowest BCUT2D eigenvalue weighted by atomic mass is 9.81. The molecule has 0 spiro atoms. The summed E-state index contributed by atoms with van der Waals surface area (Å²) in [6.45, 7) is 0. The van der Waals surface area contributed by atoms with E-state index in [1.165, 1.54) is 24.3 Å². The molecule has 0 heterocycles. The minimum atomic E-state index is -0.617. The topological polar surface area (TPSA) is 113 Å². The summed E-state index contributed by atoms with van der Waals surface area (Å²) in [4.78, 5) is 26.2. The van der Waals surface area contributed by atoms with Crippen molar-refractivity contribution in [2.45, 2.75) is 0 Å². The van der Waals surface area contributed by atoms with Crippen molar-refractivity contribution in [1.82, 2.24) is 0 Å². The number of nitrogens with one attached hydrogen (secondary N) is 1. The van der Waals surface area contributed by atoms with Crippen LogP contribution in [-0.4, -0.2) is 21.8 Å². The van der Waals surface area contributed by atoms with Crippen LogP contribution in [0.1, 0.15) is 31.8 Å². The fourth-order valence-corrected chi connectivity index (χ4v) is 4.38. The zero-order valence-corrected chi connectivity index (χ0v) is 17.3. The van der Waals surface area contributed by atoms with Crippen LogP contribution in [0.2, 0.25) is 0 Å². The van der Waals surface area contributed by atoms with E-state index in [4.69, 9.17) is 5.73 Å². The second-order valence-electron chi connectivity index (χ2n) is 6.21. The highest BCUT2D eigenvalue weighted by Crippen LogP contribution is 2.42. The van der Waals surface area contributed by atoms with Gasteiger partial charge >= 0.3 is 0 Å². The highest BCUT2D eigenvalue weighted by Gasteiger charge is 2.37. The number of phenols is 2. The third-order valence-electron chi connectivity index (χ3n) is 4.51. The lowest BCUT2D eigenvalue weighted by Gasteiger charge is -2.23. The largest absolute Gasteiger partial charge is 0.507 e. The van der Waals surface area contributed by atoms with Gasteiger partial charge in [-0.15, -0.1) is 0 Å². The molecule has 3 aromatic carbocycles. The lowest BCUT2D eigenvalue weighted by Crippen LogP contribution is -2.24. The van der Waals surface area contributed by atoms with Crippen molar-refractivity contribution in [1.29, 1.82) is 0 Å². The molecular formula is C20H12Br2N2O4. The summed E-state index contributed by atoms with van der Waals surface area (Å²) >= 11 is 6.81. The van der Waals surface area contributed by atoms with Crippen LogP contribution in [0, 0.1) is 0 Å². The van der Waals surface area contributed by atoms with Crippen LogP contribution in [0.5, 0.6) is 11.5 Å². The maximum Gasteiger partial charge on any atom is 0.200 e. The molecule has 6 nitrogen and oxygen atoms in total. The molecule has 140 valence electrons. The Balaban J connectivity index is 1.94. The van der Waals surface area contributed by atoms with E-state index < -0.39 is 11.6 Å². The summed E-state index contributed by atoms with van der Waals surface area (Å²) < 4.78 is 1.59. The second kappa shape index (κ2) is 6.65. The van der Waals surface area contributed by atoms with E-state index >= 15 is 0 Å². The molecule has 4 rings (SSSR count). The molecule has 0 amide bonds. The second-order valence-corrected chi connectivity index (χ2v) is 7.98. The van der Waals surface area contributed by atoms with Gasteiger partial charge < -0.3 is 21.3 Å². The monoisotopic (exact) mass is 502 g/mol. The van der Waals surface area contributed by atoms with Crippen LogP contribution in [0.25, 0.3) is 0 Å². The molecule has 0 saturated carbocycles. The van der Waals surface area contributed by atoms with Crippen LogP contribution in [0.3, 0.4) is 0 Å². The molecule has 0 saturated heterocycles. The molecule has 0 bridgehead atoms. The maximum atomic E-state index is 13.2. The van der Waals surface area contributed by atoms with E-state index in [2.05, 4.69) is 37.2 Å². The van der Waals surface area contributed by atoms with Gasteiger partial charge in [0, 0.05) is 14.6 Å². The normalized spacial score (nSPS) is 12.5. The SMILES string of the molecule is Nc1ccc(O)c2c1C(=O)c1c(O)ccc(Nc3ccc(Br)cc3Br)c1C2=O. The first-order valence-electron chi connectivity index (χ1n) is 8.08. The molecule has 0 unspecified atom stereocenters. The third kappa shape index (κ3) is 2.76. The van der Waals surface area contributed by atoms with Crippen LogP contribution in [0.15, 0.2) is 51.4 Å². The Morgan fingerprint density at radius 2 is 1.32 bits per heavy atom. The van der Waals surface area contributed by atoms with E-state index in [0.717, 1.165) is 8.95 Å². The number of rotatable bonds is 2. The fourth-order valence-electron chi connectivity index (χ4n) is 3.23. The summed E-state index contributed by atoms with van der Waals surface area (Å²) in [6.07, 6.45) is 0. The van der Waals surface area contributed by atoms with Crippen molar-refractivity contribution >= 4 is 60.5 Å². The number of ketones is 2. The van der Waals surface area contributed by atoms with Crippen molar-refractivity contribution in [2.75, 3.05) is 11.1 Å². The van der Waals surface area contributed by atoms with Gasteiger partial charge in [0.25, 0.3) is 0 Å². The molecule has 0 radical (unpaired) electrons. The molecule has 1 aliphatic rings. The van der Waals surface area contributed by atoms with Gasteiger partial charge in [-0.1, -0.05) is 15.9 Å². The van der Waals surface area contributed by atoms with Gasteiger partial charge in [0.15, 0.2) is 0 Å². The van der Waals surface area contributed by atoms with Crippen molar-refractivity contribution in [3.8, 4) is 11.5 Å². The number of phenolic OH excluding ortho intramolecular Hbond substituents is 2. The number of hydrogen-bond acceptors (Lipinski definition) is 6. The molecule has 5 N–H and O–H groups in total. The molecule has 3 aromatic rings. The number of nitrogen functional groups attached to an aromatic ring is 1. The minimum Gasteiger partial charge on any atom is -0.507 e. The van der Waals surface area contributed by atoms with Gasteiger partial charge in [0.2, 0.25) is 11.6 Å². The summed E-state index contributed by atoms with van der Waals surface area (Å²) in [5, 5.41) is 23.6. The smallest absolute Gasteiger partial charge is 0.200 e. The van der Waals surface area contributed by atoms with Gasteiger partial charge in [0.05, 0.1) is 33.6 Å². The fraction of sp³-hybridized carbons (Fsp3) is 0. The average Bonchev–Trinajstić information content (AvgIpc) is 2.64. The zero-order chi connectivity index (χ0) is 20.2. The summed E-state index contributed by atoms with van der Waals surface area (Å²) in [6, 6.07) is 10.9. The molecular weight excluding hydrogens is 492 g/mol. The highest BCUT2D eigenvalue weighted by atomic mass is 79.9. The van der Waals surface area contributed by atoms with Gasteiger partial charge in [-0.2, -0.15) is 0 Å². The first kappa shape index (κ1) is 18.5. The predicted molar refractivity (Wildman–Crippen MR) is 113 cm³/mol. The van der Waals surface area contributed by atoms with Crippen LogP contribution in [0.4, 0.5) is 17.1 Å². The summed E-state index contributed by atoms with van der Waals surface area (Å²) in [5.74, 6) is -1.88. The number of fused-ring (bicyclic) bond motifs is 2. The Morgan fingerprint density at radius 3 is 2.00 bits per heavy atom. The van der Waals surface area contributed by atoms with Gasteiger partial charge in [-0.05, 0) is 58.4 Å². The highest BCUT2D eigenvalue weighted by molar-refractivity contribution is 9.11. The number of anilines is 3. The average molecular weight is 504 g/mol. The number of benzene rings is 3. The lowest BCUT2D eigenvalue weighted by molar-refractivity contribution is 0.0975. The Bertz CT molecular complexity index is 1190. The minimum absolute atomic E-state index is 0.0202. The predicted octanol–water partition coefficient (Wildman–Crippen LogP) is 4.72. The Morgan fingerprint density at radius 1 is 0.750 bits per heavy atom. The molecule has 1 aliphatic carbocycles. The molecule has 0 atom stereocenters. The third-order valence-corrected chi connectivity index (χ3v) is 5.66. The first-order valence-corrected chi connectivity index (χ1v) is 9.67. The Kier molecular flexibility index (Phi) is 4.40. The van der Waals surface area contributed by atoms with E-state index in [1.807, 2.05) is 12.1 Å². The van der Waals surface area contributed by atoms with E-state index in [9.17, 15) is 19.8 Å². The maximum absolute atomic E-state index is 13.2. The summed E-state index contributed by atoms with van der Waals surface area (Å²) in [7, 11) is 0. The number of carbonyl (C=O) groups excluding carboxylic acids is 2. The summed E-state index contributed by atoms with van der Waals surface area (Å²) in [5.41, 5.74) is 6.47. The van der Waals surface area contributed by atoms with E-state index in [1.54, 1.807) is 6.07 Å². The van der Waals surface area contributed by atoms with Crippen molar-refractivity contribution in [2.24, 2.45) is 0 Å². The van der Waals surface area contributed by atoms with Crippen molar-refractivity contribution in [3.05, 3.63) is 73.7 Å². The molecule has 28 heavy (non-hydrogen) atoms. The Hall–Kier alpha value is -2.84. The molecule has 0 fully saturated rings. The zero-order valence-electron chi connectivity index (χ0n) is 14.1. The molecule has 0 aliphatic heterocycles. The van der Waals surface area contributed by atoms with Gasteiger partial charge in [0.1, 0.15) is 11.5 Å². The quantitative estimate of drug-likeness (QED) is 0.232. The standard InChI is InChI=1S/C20H12Br2N2O4/c21-8-1-3-11(9(22)7-8)24-12-4-6-14(26)18-16(12)20(28)17-13(25)5-2-10(23)15(17)19(18)27/h1-7,24-26H,23H2. The van der Waals surface area contributed by atoms with Crippen molar-refractivity contribution in [3.63, 3.8) is 0 Å². The van der Waals surface area contributed by atoms with Gasteiger partial charge in [-0.3, -0.25) is 9.59 Å². The molecule has 0 aromatic heterocycles. The van der Waals surface area contributed by atoms with Crippen LogP contribution in [-0.2, 0) is 0 Å². The van der Waals surface area contributed by atoms with Crippen LogP contribution >= 0.6 is 31.9 Å². The van der Waals surface area contributed by atoms with E-state index in [-0.39, 0.29) is 39.4 Å². The number of halogens is 2. The van der Waals surface area contributed by atoms with E-state index in [0.29, 0.717) is 11.4 Å². The van der Waals surface area contributed by atoms with Crippen LogP contribution < -0.4 is 11.1 Å². The number of carbonyl (C=O) groups is 2. The van der Waals surface area contributed by atoms with Gasteiger partial charge in [-0.25, -0.2) is 0 Å². The Labute approximate surface area is 176 Å². The number of hydrogen-bond donors (Lipinski definition) is 4. The number of nitrogens with two attached hydrogens (primary N) is 1.